The Morgan fingerprint density at radius 3 is 2.44 bits per heavy atom. The maximum Gasteiger partial charge on any atom is 0.327 e. The van der Waals surface area contributed by atoms with E-state index >= 15 is 0 Å². The number of urea groups is 1. The zero-order valence-corrected chi connectivity index (χ0v) is 17.2. The first-order valence-electron chi connectivity index (χ1n) is 8.73. The molecule has 2 aromatic rings. The molecule has 1 heterocycles. The number of carbonyl (C=O) groups is 1. The van der Waals surface area contributed by atoms with Crippen LogP contribution in [0.25, 0.3) is 0 Å². The SMILES string of the molecule is CCN(CC)CCNc1cc(N(C)C(=O)Nc2c(Cl)cccc2Cl)ncn1. The van der Waals surface area contributed by atoms with Gasteiger partial charge in [-0.25, -0.2) is 14.8 Å². The van der Waals surface area contributed by atoms with E-state index in [2.05, 4.69) is 39.3 Å². The van der Waals surface area contributed by atoms with Crippen LogP contribution >= 0.6 is 23.2 Å². The third kappa shape index (κ3) is 5.95. The second-order valence-corrected chi connectivity index (χ2v) is 6.62. The standard InChI is InChI=1S/C18H24Cl2N6O/c1-4-26(5-2)10-9-21-15-11-16(23-12-22-15)25(3)18(27)24-17-13(19)7-6-8-14(17)20/h6-8,11-12H,4-5,9-10H2,1-3H3,(H,24,27)(H,21,22,23). The molecule has 0 radical (unpaired) electrons. The molecule has 7 nitrogen and oxygen atoms in total. The average molecular weight is 411 g/mol. The number of rotatable bonds is 8. The van der Waals surface area contributed by atoms with Gasteiger partial charge in [0.1, 0.15) is 18.0 Å². The molecular formula is C18H24Cl2N6O. The smallest absolute Gasteiger partial charge is 0.327 e. The summed E-state index contributed by atoms with van der Waals surface area (Å²) in [6.45, 7) is 7.93. The molecule has 27 heavy (non-hydrogen) atoms. The maximum atomic E-state index is 12.5. The monoisotopic (exact) mass is 410 g/mol. The second kappa shape index (κ2) is 10.3. The summed E-state index contributed by atoms with van der Waals surface area (Å²) >= 11 is 12.2. The number of hydrogen-bond donors (Lipinski definition) is 2. The van der Waals surface area contributed by atoms with E-state index in [1.165, 1.54) is 11.2 Å². The molecule has 0 bridgehead atoms. The van der Waals surface area contributed by atoms with Crippen molar-refractivity contribution in [3.8, 4) is 0 Å². The van der Waals surface area contributed by atoms with Gasteiger partial charge in [0, 0.05) is 26.2 Å². The molecule has 1 aromatic heterocycles. The van der Waals surface area contributed by atoms with Gasteiger partial charge in [0.05, 0.1) is 15.7 Å². The van der Waals surface area contributed by atoms with Crippen molar-refractivity contribution in [2.75, 3.05) is 48.8 Å². The highest BCUT2D eigenvalue weighted by Gasteiger charge is 2.16. The van der Waals surface area contributed by atoms with E-state index in [-0.39, 0.29) is 0 Å². The first-order chi connectivity index (χ1) is 13.0. The average Bonchev–Trinajstić information content (AvgIpc) is 2.67. The molecule has 1 aromatic carbocycles. The van der Waals surface area contributed by atoms with Gasteiger partial charge >= 0.3 is 6.03 Å². The van der Waals surface area contributed by atoms with E-state index in [1.54, 1.807) is 31.3 Å². The van der Waals surface area contributed by atoms with Gasteiger partial charge in [-0.3, -0.25) is 4.90 Å². The molecule has 0 spiro atoms. The highest BCUT2D eigenvalue weighted by molar-refractivity contribution is 6.39. The van der Waals surface area contributed by atoms with Gasteiger partial charge in [0.2, 0.25) is 0 Å². The molecule has 0 aliphatic heterocycles. The highest BCUT2D eigenvalue weighted by Crippen LogP contribution is 2.30. The number of nitrogens with one attached hydrogen (secondary N) is 2. The Morgan fingerprint density at radius 1 is 1.15 bits per heavy atom. The van der Waals surface area contributed by atoms with Crippen LogP contribution in [0.5, 0.6) is 0 Å². The third-order valence-electron chi connectivity index (χ3n) is 4.12. The Morgan fingerprint density at radius 2 is 1.81 bits per heavy atom. The lowest BCUT2D eigenvalue weighted by Gasteiger charge is -2.20. The number of para-hydroxylation sites is 1. The van der Waals surface area contributed by atoms with Crippen LogP contribution in [0.15, 0.2) is 30.6 Å². The number of hydrogen-bond acceptors (Lipinski definition) is 5. The Balaban J connectivity index is 2.01. The molecule has 0 saturated carbocycles. The molecule has 9 heteroatoms. The molecule has 0 fully saturated rings. The molecule has 2 amide bonds. The normalized spacial score (nSPS) is 10.7. The fourth-order valence-electron chi connectivity index (χ4n) is 2.42. The summed E-state index contributed by atoms with van der Waals surface area (Å²) in [6, 6.07) is 6.34. The number of halogens is 2. The largest absolute Gasteiger partial charge is 0.369 e. The summed E-state index contributed by atoms with van der Waals surface area (Å²) in [5.74, 6) is 1.11. The summed E-state index contributed by atoms with van der Waals surface area (Å²) in [5.41, 5.74) is 0.365. The Kier molecular flexibility index (Phi) is 8.09. The number of likely N-dealkylation sites (N-methyl/N-ethyl adjacent to an activating group) is 1. The van der Waals surface area contributed by atoms with Gasteiger partial charge in [-0.15, -0.1) is 0 Å². The molecule has 0 atom stereocenters. The number of benzene rings is 1. The molecule has 0 aliphatic rings. The van der Waals surface area contributed by atoms with Gasteiger partial charge in [0.15, 0.2) is 0 Å². The molecule has 0 aliphatic carbocycles. The lowest BCUT2D eigenvalue weighted by Crippen LogP contribution is -2.32. The number of amides is 2. The van der Waals surface area contributed by atoms with Crippen LogP contribution in [-0.4, -0.2) is 54.1 Å². The molecule has 0 saturated heterocycles. The number of aromatic nitrogens is 2. The van der Waals surface area contributed by atoms with Crippen LogP contribution in [-0.2, 0) is 0 Å². The van der Waals surface area contributed by atoms with Crippen molar-refractivity contribution < 1.29 is 4.79 Å². The third-order valence-corrected chi connectivity index (χ3v) is 4.75. The lowest BCUT2D eigenvalue weighted by molar-refractivity contribution is 0.258. The van der Waals surface area contributed by atoms with Gasteiger partial charge in [-0.1, -0.05) is 43.1 Å². The quantitative estimate of drug-likeness (QED) is 0.681. The predicted molar refractivity (Wildman–Crippen MR) is 112 cm³/mol. The molecule has 2 rings (SSSR count). The fraction of sp³-hybridized carbons (Fsp3) is 0.389. The van der Waals surface area contributed by atoms with E-state index in [0.717, 1.165) is 26.2 Å². The van der Waals surface area contributed by atoms with E-state index in [0.29, 0.717) is 27.4 Å². The van der Waals surface area contributed by atoms with Gasteiger partial charge in [0.25, 0.3) is 0 Å². The Labute approximate surface area is 169 Å². The van der Waals surface area contributed by atoms with Crippen LogP contribution < -0.4 is 15.5 Å². The van der Waals surface area contributed by atoms with E-state index < -0.39 is 6.03 Å². The van der Waals surface area contributed by atoms with Crippen LogP contribution in [0, 0.1) is 0 Å². The lowest BCUT2D eigenvalue weighted by atomic mass is 10.3. The zero-order valence-electron chi connectivity index (χ0n) is 15.7. The van der Waals surface area contributed by atoms with E-state index in [1.807, 2.05) is 0 Å². The Bertz CT molecular complexity index is 749. The minimum absolute atomic E-state index is 0.365. The van der Waals surface area contributed by atoms with Crippen molar-refractivity contribution in [3.63, 3.8) is 0 Å². The van der Waals surface area contributed by atoms with Crippen molar-refractivity contribution in [3.05, 3.63) is 40.6 Å². The van der Waals surface area contributed by atoms with Gasteiger partial charge < -0.3 is 15.5 Å². The maximum absolute atomic E-state index is 12.5. The van der Waals surface area contributed by atoms with Crippen molar-refractivity contribution in [2.45, 2.75) is 13.8 Å². The number of carbonyl (C=O) groups excluding carboxylic acids is 1. The van der Waals surface area contributed by atoms with Crippen molar-refractivity contribution in [2.24, 2.45) is 0 Å². The molecule has 146 valence electrons. The molecule has 2 N–H and O–H groups in total. The van der Waals surface area contributed by atoms with E-state index in [4.69, 9.17) is 23.2 Å². The minimum Gasteiger partial charge on any atom is -0.369 e. The zero-order chi connectivity index (χ0) is 19.8. The van der Waals surface area contributed by atoms with E-state index in [9.17, 15) is 4.79 Å². The van der Waals surface area contributed by atoms with Gasteiger partial charge in [-0.2, -0.15) is 0 Å². The first kappa shape index (κ1) is 21.2. The summed E-state index contributed by atoms with van der Waals surface area (Å²) < 4.78 is 0. The summed E-state index contributed by atoms with van der Waals surface area (Å²) in [7, 11) is 1.61. The highest BCUT2D eigenvalue weighted by atomic mass is 35.5. The Hall–Kier alpha value is -2.09. The second-order valence-electron chi connectivity index (χ2n) is 5.80. The fourth-order valence-corrected chi connectivity index (χ4v) is 2.91. The van der Waals surface area contributed by atoms with Gasteiger partial charge in [-0.05, 0) is 25.2 Å². The summed E-state index contributed by atoms with van der Waals surface area (Å²) in [6.07, 6.45) is 1.42. The molecule has 0 unspecified atom stereocenters. The topological polar surface area (TPSA) is 73.4 Å². The summed E-state index contributed by atoms with van der Waals surface area (Å²) in [4.78, 5) is 24.6. The first-order valence-corrected chi connectivity index (χ1v) is 9.48. The van der Waals surface area contributed by atoms with Crippen LogP contribution in [0.2, 0.25) is 10.0 Å². The van der Waals surface area contributed by atoms with Crippen LogP contribution in [0.4, 0.5) is 22.1 Å². The number of nitrogens with zero attached hydrogens (tertiary/aromatic N) is 4. The predicted octanol–water partition coefficient (Wildman–Crippen LogP) is 4.21. The minimum atomic E-state index is -0.405. The van der Waals surface area contributed by atoms with Crippen molar-refractivity contribution >= 4 is 46.6 Å². The van der Waals surface area contributed by atoms with Crippen molar-refractivity contribution in [1.82, 2.24) is 14.9 Å². The number of anilines is 3. The molecular weight excluding hydrogens is 387 g/mol. The van der Waals surface area contributed by atoms with Crippen LogP contribution in [0.3, 0.4) is 0 Å². The van der Waals surface area contributed by atoms with Crippen LogP contribution in [0.1, 0.15) is 13.8 Å². The summed E-state index contributed by atoms with van der Waals surface area (Å²) in [5, 5.41) is 6.69. The van der Waals surface area contributed by atoms with Crippen molar-refractivity contribution in [1.29, 1.82) is 0 Å².